The number of methoxy groups -OCH3 is 1. The smallest absolute Gasteiger partial charge is 0.252 e. The molecule has 0 aliphatic carbocycles. The van der Waals surface area contributed by atoms with Gasteiger partial charge in [0, 0.05) is 17.7 Å². The molecule has 2 rings (SSSR count). The Morgan fingerprint density at radius 1 is 1.33 bits per heavy atom. The van der Waals surface area contributed by atoms with Gasteiger partial charge in [-0.3, -0.25) is 0 Å². The number of benzene rings is 1. The molecule has 0 fully saturated rings. The van der Waals surface area contributed by atoms with Crippen molar-refractivity contribution in [2.24, 2.45) is 0 Å². The van der Waals surface area contributed by atoms with Crippen molar-refractivity contribution >= 4 is 11.6 Å². The molecule has 2 aromatic rings. The van der Waals surface area contributed by atoms with Gasteiger partial charge >= 0.3 is 0 Å². The molecular weight excluding hydrogens is 216 g/mol. The molecule has 0 bridgehead atoms. The summed E-state index contributed by atoms with van der Waals surface area (Å²) in [4.78, 5) is 4.15. The third-order valence-corrected chi connectivity index (χ3v) is 2.09. The summed E-state index contributed by atoms with van der Waals surface area (Å²) < 4.78 is 9.85. The lowest BCUT2D eigenvalue weighted by molar-refractivity contribution is 0.151. The minimum atomic E-state index is 0.320. The maximum atomic E-state index is 5.77. The first kappa shape index (κ1) is 10.1. The molecular formula is C10H9ClN2O2. The Hall–Kier alpha value is -1.39. The topological polar surface area (TPSA) is 48.2 Å². The quantitative estimate of drug-likeness (QED) is 0.804. The summed E-state index contributed by atoms with van der Waals surface area (Å²) in [6.45, 7) is 0.320. The van der Waals surface area contributed by atoms with E-state index in [0.717, 1.165) is 5.56 Å². The van der Waals surface area contributed by atoms with E-state index in [2.05, 4.69) is 10.1 Å². The molecule has 0 N–H and O–H groups in total. The number of hydrogen-bond donors (Lipinski definition) is 0. The standard InChI is InChI=1S/C10H9ClN2O2/c1-14-6-9-12-10(13-15-9)7-2-4-8(11)5-3-7/h2-5H,6H2,1H3. The van der Waals surface area contributed by atoms with Crippen molar-refractivity contribution in [3.63, 3.8) is 0 Å². The van der Waals surface area contributed by atoms with E-state index >= 15 is 0 Å². The maximum Gasteiger partial charge on any atom is 0.252 e. The van der Waals surface area contributed by atoms with Gasteiger partial charge in [-0.1, -0.05) is 16.8 Å². The Balaban J connectivity index is 2.25. The van der Waals surface area contributed by atoms with Gasteiger partial charge in [0.2, 0.25) is 5.82 Å². The van der Waals surface area contributed by atoms with Crippen LogP contribution in [0.4, 0.5) is 0 Å². The third kappa shape index (κ3) is 2.34. The highest BCUT2D eigenvalue weighted by Crippen LogP contribution is 2.18. The fourth-order valence-corrected chi connectivity index (χ4v) is 1.28. The lowest BCUT2D eigenvalue weighted by Gasteiger charge is -1.93. The molecule has 15 heavy (non-hydrogen) atoms. The van der Waals surface area contributed by atoms with Gasteiger partial charge in [-0.15, -0.1) is 0 Å². The van der Waals surface area contributed by atoms with E-state index in [0.29, 0.717) is 23.3 Å². The molecule has 1 aromatic heterocycles. The number of ether oxygens (including phenoxy) is 1. The van der Waals surface area contributed by atoms with Gasteiger partial charge in [0.15, 0.2) is 0 Å². The van der Waals surface area contributed by atoms with Gasteiger partial charge in [-0.05, 0) is 24.3 Å². The highest BCUT2D eigenvalue weighted by Gasteiger charge is 2.07. The molecule has 0 saturated carbocycles. The molecule has 0 aliphatic rings. The zero-order chi connectivity index (χ0) is 10.7. The van der Waals surface area contributed by atoms with Crippen molar-refractivity contribution in [3.05, 3.63) is 35.2 Å². The molecule has 0 unspecified atom stereocenters. The van der Waals surface area contributed by atoms with E-state index in [1.807, 2.05) is 12.1 Å². The monoisotopic (exact) mass is 224 g/mol. The van der Waals surface area contributed by atoms with Gasteiger partial charge in [0.25, 0.3) is 5.89 Å². The van der Waals surface area contributed by atoms with Gasteiger partial charge in [0.1, 0.15) is 6.61 Å². The van der Waals surface area contributed by atoms with Crippen molar-refractivity contribution in [1.29, 1.82) is 0 Å². The van der Waals surface area contributed by atoms with Crippen molar-refractivity contribution in [2.45, 2.75) is 6.61 Å². The predicted molar refractivity (Wildman–Crippen MR) is 55.5 cm³/mol. The summed E-state index contributed by atoms with van der Waals surface area (Å²) in [7, 11) is 1.58. The largest absolute Gasteiger partial charge is 0.375 e. The predicted octanol–water partition coefficient (Wildman–Crippen LogP) is 2.54. The van der Waals surface area contributed by atoms with Crippen LogP contribution < -0.4 is 0 Å². The Kier molecular flexibility index (Phi) is 2.99. The van der Waals surface area contributed by atoms with Crippen LogP contribution >= 0.6 is 11.6 Å². The number of rotatable bonds is 3. The average molecular weight is 225 g/mol. The number of halogens is 1. The van der Waals surface area contributed by atoms with Crippen LogP contribution in [0.1, 0.15) is 5.89 Å². The first-order chi connectivity index (χ1) is 7.29. The van der Waals surface area contributed by atoms with Crippen LogP contribution in [-0.2, 0) is 11.3 Å². The zero-order valence-corrected chi connectivity index (χ0v) is 8.86. The molecule has 4 nitrogen and oxygen atoms in total. The Morgan fingerprint density at radius 3 is 2.73 bits per heavy atom. The SMILES string of the molecule is COCc1nc(-c2ccc(Cl)cc2)no1. The molecule has 1 heterocycles. The summed E-state index contributed by atoms with van der Waals surface area (Å²) in [5.74, 6) is 1.00. The van der Waals surface area contributed by atoms with E-state index in [1.54, 1.807) is 19.2 Å². The number of nitrogens with zero attached hydrogens (tertiary/aromatic N) is 2. The molecule has 1 aromatic carbocycles. The highest BCUT2D eigenvalue weighted by molar-refractivity contribution is 6.30. The minimum absolute atomic E-state index is 0.320. The first-order valence-electron chi connectivity index (χ1n) is 4.37. The molecule has 0 aliphatic heterocycles. The molecule has 0 spiro atoms. The molecule has 0 saturated heterocycles. The number of hydrogen-bond acceptors (Lipinski definition) is 4. The van der Waals surface area contributed by atoms with Crippen LogP contribution in [-0.4, -0.2) is 17.3 Å². The van der Waals surface area contributed by atoms with Crippen molar-refractivity contribution in [2.75, 3.05) is 7.11 Å². The molecule has 0 atom stereocenters. The number of aromatic nitrogens is 2. The summed E-state index contributed by atoms with van der Waals surface area (Å²) in [6.07, 6.45) is 0. The minimum Gasteiger partial charge on any atom is -0.375 e. The second-order valence-electron chi connectivity index (χ2n) is 2.95. The average Bonchev–Trinajstić information content (AvgIpc) is 2.68. The van der Waals surface area contributed by atoms with E-state index in [-0.39, 0.29) is 0 Å². The van der Waals surface area contributed by atoms with Crippen molar-refractivity contribution in [3.8, 4) is 11.4 Å². The second-order valence-corrected chi connectivity index (χ2v) is 3.39. The molecule has 78 valence electrons. The lowest BCUT2D eigenvalue weighted by Crippen LogP contribution is -1.86. The van der Waals surface area contributed by atoms with E-state index < -0.39 is 0 Å². The van der Waals surface area contributed by atoms with Crippen LogP contribution in [0.5, 0.6) is 0 Å². The van der Waals surface area contributed by atoms with Gasteiger partial charge in [-0.2, -0.15) is 4.98 Å². The normalized spacial score (nSPS) is 10.5. The first-order valence-corrected chi connectivity index (χ1v) is 4.75. The summed E-state index contributed by atoms with van der Waals surface area (Å²) in [5, 5.41) is 4.51. The van der Waals surface area contributed by atoms with Crippen LogP contribution in [0.3, 0.4) is 0 Å². The molecule has 5 heteroatoms. The third-order valence-electron chi connectivity index (χ3n) is 1.84. The van der Waals surface area contributed by atoms with Gasteiger partial charge in [0.05, 0.1) is 0 Å². The Labute approximate surface area is 91.8 Å². The lowest BCUT2D eigenvalue weighted by atomic mass is 10.2. The Bertz CT molecular complexity index is 439. The van der Waals surface area contributed by atoms with E-state index in [1.165, 1.54) is 0 Å². The maximum absolute atomic E-state index is 5.77. The fourth-order valence-electron chi connectivity index (χ4n) is 1.15. The Morgan fingerprint density at radius 2 is 2.07 bits per heavy atom. The molecule has 0 amide bonds. The van der Waals surface area contributed by atoms with E-state index in [9.17, 15) is 0 Å². The second kappa shape index (κ2) is 4.42. The van der Waals surface area contributed by atoms with Crippen LogP contribution in [0.15, 0.2) is 28.8 Å². The molecule has 0 radical (unpaired) electrons. The van der Waals surface area contributed by atoms with Crippen LogP contribution in [0, 0.1) is 0 Å². The van der Waals surface area contributed by atoms with Gasteiger partial charge < -0.3 is 9.26 Å². The van der Waals surface area contributed by atoms with Crippen molar-refractivity contribution < 1.29 is 9.26 Å². The van der Waals surface area contributed by atoms with E-state index in [4.69, 9.17) is 20.9 Å². The fraction of sp³-hybridized carbons (Fsp3) is 0.200. The van der Waals surface area contributed by atoms with Crippen LogP contribution in [0.2, 0.25) is 5.02 Å². The van der Waals surface area contributed by atoms with Crippen LogP contribution in [0.25, 0.3) is 11.4 Å². The summed E-state index contributed by atoms with van der Waals surface area (Å²) in [5.41, 5.74) is 0.866. The summed E-state index contributed by atoms with van der Waals surface area (Å²) in [6, 6.07) is 7.24. The zero-order valence-electron chi connectivity index (χ0n) is 8.11. The van der Waals surface area contributed by atoms with Crippen molar-refractivity contribution in [1.82, 2.24) is 10.1 Å². The highest BCUT2D eigenvalue weighted by atomic mass is 35.5. The summed E-state index contributed by atoms with van der Waals surface area (Å²) >= 11 is 5.77. The van der Waals surface area contributed by atoms with Gasteiger partial charge in [-0.25, -0.2) is 0 Å².